The summed E-state index contributed by atoms with van der Waals surface area (Å²) in [6.07, 6.45) is -3.50. The molecule has 0 radical (unpaired) electrons. The van der Waals surface area contributed by atoms with Gasteiger partial charge in [0.1, 0.15) is 5.01 Å². The van der Waals surface area contributed by atoms with E-state index in [1.807, 2.05) is 18.2 Å². The lowest BCUT2D eigenvalue weighted by Crippen LogP contribution is -2.39. The highest BCUT2D eigenvalue weighted by Crippen LogP contribution is 2.29. The molecule has 0 fully saturated rings. The molecule has 2 aromatic rings. The average molecular weight is 414 g/mol. The van der Waals surface area contributed by atoms with Crippen LogP contribution in [0, 0.1) is 0 Å². The molecular formula is C19H26F3N5S. The predicted octanol–water partition coefficient (Wildman–Crippen LogP) is 3.74. The molecule has 1 atom stereocenters. The van der Waals surface area contributed by atoms with Crippen LogP contribution in [0.1, 0.15) is 29.6 Å². The third kappa shape index (κ3) is 7.12. The summed E-state index contributed by atoms with van der Waals surface area (Å²) in [5, 5.41) is 7.58. The third-order valence-electron chi connectivity index (χ3n) is 4.35. The maximum atomic E-state index is 12.6. The van der Waals surface area contributed by atoms with Crippen LogP contribution < -0.4 is 10.6 Å². The smallest absolute Gasteiger partial charge is 0.356 e. The first-order valence-corrected chi connectivity index (χ1v) is 9.88. The fourth-order valence-electron chi connectivity index (χ4n) is 2.55. The summed E-state index contributed by atoms with van der Waals surface area (Å²) in [6.45, 7) is 3.94. The molecule has 1 heterocycles. The number of aliphatic imine (C=N–C) groups is 1. The predicted molar refractivity (Wildman–Crippen MR) is 107 cm³/mol. The fraction of sp³-hybridized carbons (Fsp3) is 0.474. The molecule has 1 unspecified atom stereocenters. The molecule has 0 spiro atoms. The van der Waals surface area contributed by atoms with E-state index in [4.69, 9.17) is 0 Å². The zero-order valence-corrected chi connectivity index (χ0v) is 17.1. The summed E-state index contributed by atoms with van der Waals surface area (Å²) in [4.78, 5) is 9.98. The van der Waals surface area contributed by atoms with Crippen molar-refractivity contribution in [3.8, 4) is 0 Å². The van der Waals surface area contributed by atoms with Crippen LogP contribution in [-0.4, -0.2) is 42.5 Å². The Morgan fingerprint density at radius 2 is 1.96 bits per heavy atom. The largest absolute Gasteiger partial charge is 0.434 e. The number of nitrogens with one attached hydrogen (secondary N) is 2. The topological polar surface area (TPSA) is 52.6 Å². The Kier molecular flexibility index (Phi) is 8.25. The van der Waals surface area contributed by atoms with Crippen LogP contribution in [0.4, 0.5) is 13.2 Å². The highest BCUT2D eigenvalue weighted by atomic mass is 32.1. The minimum absolute atomic E-state index is 0.198. The molecule has 2 N–H and O–H groups in total. The highest BCUT2D eigenvalue weighted by Gasteiger charge is 2.33. The average Bonchev–Trinajstić information content (AvgIpc) is 3.14. The quantitative estimate of drug-likeness (QED) is 0.511. The maximum Gasteiger partial charge on any atom is 0.434 e. The highest BCUT2D eigenvalue weighted by molar-refractivity contribution is 7.09. The van der Waals surface area contributed by atoms with E-state index in [0.29, 0.717) is 23.6 Å². The van der Waals surface area contributed by atoms with Crippen LogP contribution in [-0.2, 0) is 19.3 Å². The van der Waals surface area contributed by atoms with Crippen LogP contribution in [0.15, 0.2) is 40.7 Å². The van der Waals surface area contributed by atoms with Gasteiger partial charge in [0, 0.05) is 31.6 Å². The molecule has 1 aromatic carbocycles. The third-order valence-corrected chi connectivity index (χ3v) is 5.20. The van der Waals surface area contributed by atoms with Crippen LogP contribution in [0.3, 0.4) is 0 Å². The van der Waals surface area contributed by atoms with Gasteiger partial charge in [-0.05, 0) is 26.0 Å². The van der Waals surface area contributed by atoms with E-state index >= 15 is 0 Å². The first-order chi connectivity index (χ1) is 13.3. The van der Waals surface area contributed by atoms with Crippen molar-refractivity contribution in [3.05, 3.63) is 52.0 Å². The number of hydrogen-bond donors (Lipinski definition) is 2. The maximum absolute atomic E-state index is 12.6. The molecule has 0 saturated carbocycles. The number of rotatable bonds is 8. The van der Waals surface area contributed by atoms with Gasteiger partial charge in [0.05, 0.1) is 6.54 Å². The number of hydrogen-bond acceptors (Lipinski definition) is 4. The summed E-state index contributed by atoms with van der Waals surface area (Å²) in [5.74, 6) is 0.543. The molecule has 0 aliphatic rings. The number of aromatic nitrogens is 1. The van der Waals surface area contributed by atoms with Gasteiger partial charge in [-0.25, -0.2) is 4.98 Å². The summed E-state index contributed by atoms with van der Waals surface area (Å²) in [6, 6.07) is 10.6. The minimum Gasteiger partial charge on any atom is -0.356 e. The van der Waals surface area contributed by atoms with E-state index in [1.54, 1.807) is 7.05 Å². The molecule has 28 heavy (non-hydrogen) atoms. The number of nitrogens with zero attached hydrogens (tertiary/aromatic N) is 3. The SMILES string of the molecule is CN=C(NCCC(C)N(C)Cc1ccccc1)NCc1nc(C(F)(F)F)cs1. The molecule has 0 saturated heterocycles. The summed E-state index contributed by atoms with van der Waals surface area (Å²) < 4.78 is 37.8. The van der Waals surface area contributed by atoms with Gasteiger partial charge in [0.2, 0.25) is 0 Å². The lowest BCUT2D eigenvalue weighted by atomic mass is 10.1. The van der Waals surface area contributed by atoms with Gasteiger partial charge in [-0.1, -0.05) is 30.3 Å². The van der Waals surface area contributed by atoms with E-state index in [0.717, 1.165) is 29.7 Å². The molecule has 0 aliphatic carbocycles. The molecule has 0 bridgehead atoms. The Morgan fingerprint density at radius 3 is 2.57 bits per heavy atom. The first kappa shape index (κ1) is 22.2. The lowest BCUT2D eigenvalue weighted by molar-refractivity contribution is -0.140. The minimum atomic E-state index is -4.41. The van der Waals surface area contributed by atoms with Crippen LogP contribution in [0.25, 0.3) is 0 Å². The standard InChI is InChI=1S/C19H26F3N5S/c1-14(27(3)12-15-7-5-4-6-8-15)9-10-24-18(23-2)25-11-17-26-16(13-28-17)19(20,21)22/h4-8,13-14H,9-12H2,1-3H3,(H2,23,24,25). The van der Waals surface area contributed by atoms with E-state index in [9.17, 15) is 13.2 Å². The number of alkyl halides is 3. The van der Waals surface area contributed by atoms with E-state index in [2.05, 4.69) is 51.6 Å². The molecule has 9 heteroatoms. The zero-order chi connectivity index (χ0) is 20.6. The zero-order valence-electron chi connectivity index (χ0n) is 16.3. The van der Waals surface area contributed by atoms with Crippen LogP contribution >= 0.6 is 11.3 Å². The van der Waals surface area contributed by atoms with Gasteiger partial charge < -0.3 is 10.6 Å². The second-order valence-electron chi connectivity index (χ2n) is 6.52. The molecular weight excluding hydrogens is 387 g/mol. The molecule has 2 rings (SSSR count). The summed E-state index contributed by atoms with van der Waals surface area (Å²) >= 11 is 0.979. The molecule has 154 valence electrons. The molecule has 0 amide bonds. The molecule has 0 aliphatic heterocycles. The van der Waals surface area contributed by atoms with E-state index in [-0.39, 0.29) is 6.54 Å². The number of guanidine groups is 1. The van der Waals surface area contributed by atoms with Crippen molar-refractivity contribution in [1.82, 2.24) is 20.5 Å². The van der Waals surface area contributed by atoms with Crippen molar-refractivity contribution in [2.75, 3.05) is 20.6 Å². The van der Waals surface area contributed by atoms with Crippen molar-refractivity contribution < 1.29 is 13.2 Å². The van der Waals surface area contributed by atoms with E-state index < -0.39 is 11.9 Å². The number of benzene rings is 1. The Bertz CT molecular complexity index is 746. The molecule has 5 nitrogen and oxygen atoms in total. The Morgan fingerprint density at radius 1 is 1.25 bits per heavy atom. The van der Waals surface area contributed by atoms with Gasteiger partial charge in [-0.3, -0.25) is 9.89 Å². The van der Waals surface area contributed by atoms with Gasteiger partial charge >= 0.3 is 6.18 Å². The Balaban J connectivity index is 1.72. The monoisotopic (exact) mass is 413 g/mol. The van der Waals surface area contributed by atoms with E-state index in [1.165, 1.54) is 5.56 Å². The Hall–Kier alpha value is -2.13. The summed E-state index contributed by atoms with van der Waals surface area (Å²) in [7, 11) is 3.72. The lowest BCUT2D eigenvalue weighted by Gasteiger charge is -2.25. The van der Waals surface area contributed by atoms with Crippen molar-refractivity contribution in [1.29, 1.82) is 0 Å². The Labute approximate surface area is 167 Å². The second-order valence-corrected chi connectivity index (χ2v) is 7.46. The van der Waals surface area contributed by atoms with Crippen LogP contribution in [0.5, 0.6) is 0 Å². The van der Waals surface area contributed by atoms with Crippen molar-refractivity contribution in [3.63, 3.8) is 0 Å². The van der Waals surface area contributed by atoms with Gasteiger partial charge in [0.15, 0.2) is 11.7 Å². The van der Waals surface area contributed by atoms with Gasteiger partial charge in [0.25, 0.3) is 0 Å². The normalized spacial score (nSPS) is 13.6. The second kappa shape index (κ2) is 10.4. The number of thiazole rings is 1. The summed E-state index contributed by atoms with van der Waals surface area (Å²) in [5.41, 5.74) is 0.413. The van der Waals surface area contributed by atoms with Crippen LogP contribution in [0.2, 0.25) is 0 Å². The van der Waals surface area contributed by atoms with Crippen molar-refractivity contribution in [2.24, 2.45) is 4.99 Å². The fourth-order valence-corrected chi connectivity index (χ4v) is 3.29. The van der Waals surface area contributed by atoms with Crippen molar-refractivity contribution in [2.45, 2.75) is 38.7 Å². The van der Waals surface area contributed by atoms with Gasteiger partial charge in [-0.2, -0.15) is 13.2 Å². The van der Waals surface area contributed by atoms with Crippen molar-refractivity contribution >= 4 is 17.3 Å². The first-order valence-electron chi connectivity index (χ1n) is 9.00. The number of halogens is 3. The van der Waals surface area contributed by atoms with Gasteiger partial charge in [-0.15, -0.1) is 11.3 Å². The molecule has 1 aromatic heterocycles.